The quantitative estimate of drug-likeness (QED) is 0.451. The molecular weight excluding hydrogens is 396 g/mol. The second-order valence-electron chi connectivity index (χ2n) is 4.63. The Bertz CT molecular complexity index is 704. The number of benzene rings is 2. The Kier molecular flexibility index (Phi) is 5.88. The van der Waals surface area contributed by atoms with Gasteiger partial charge in [0.1, 0.15) is 5.82 Å². The Hall–Kier alpha value is -1.96. The molecule has 114 valence electrons. The number of rotatable bonds is 5. The van der Waals surface area contributed by atoms with Crippen molar-refractivity contribution in [3.05, 3.63) is 63.0 Å². The largest absolute Gasteiger partial charge is 0.376 e. The van der Waals surface area contributed by atoms with E-state index in [2.05, 4.69) is 38.4 Å². The van der Waals surface area contributed by atoms with Crippen molar-refractivity contribution in [2.45, 2.75) is 6.92 Å². The molecule has 6 heteroatoms. The van der Waals surface area contributed by atoms with Crippen LogP contribution in [0.25, 0.3) is 0 Å². The zero-order valence-electron chi connectivity index (χ0n) is 11.9. The summed E-state index contributed by atoms with van der Waals surface area (Å²) in [4.78, 5) is 11.7. The van der Waals surface area contributed by atoms with Crippen LogP contribution in [0.4, 0.5) is 10.1 Å². The first kappa shape index (κ1) is 16.4. The van der Waals surface area contributed by atoms with Gasteiger partial charge in [0, 0.05) is 14.8 Å². The van der Waals surface area contributed by atoms with Gasteiger partial charge in [-0.05, 0) is 59.3 Å². The summed E-state index contributed by atoms with van der Waals surface area (Å²) >= 11 is 2.25. The van der Waals surface area contributed by atoms with Gasteiger partial charge in [-0.1, -0.05) is 18.2 Å². The van der Waals surface area contributed by atoms with Crippen molar-refractivity contribution < 1.29 is 9.18 Å². The molecule has 2 aromatic carbocycles. The molecule has 0 aliphatic carbocycles. The van der Waals surface area contributed by atoms with Gasteiger partial charge in [-0.3, -0.25) is 4.79 Å². The number of anilines is 1. The van der Waals surface area contributed by atoms with Crippen molar-refractivity contribution in [2.24, 2.45) is 5.10 Å². The molecule has 1 amide bonds. The van der Waals surface area contributed by atoms with Crippen LogP contribution in [-0.4, -0.2) is 18.7 Å². The van der Waals surface area contributed by atoms with Crippen LogP contribution in [-0.2, 0) is 4.79 Å². The van der Waals surface area contributed by atoms with E-state index in [1.807, 2.05) is 25.1 Å². The summed E-state index contributed by atoms with van der Waals surface area (Å²) in [6.45, 7) is 2.10. The highest BCUT2D eigenvalue weighted by Gasteiger charge is 2.01. The predicted molar refractivity (Wildman–Crippen MR) is 94.5 cm³/mol. The van der Waals surface area contributed by atoms with Crippen LogP contribution in [0.15, 0.2) is 47.6 Å². The van der Waals surface area contributed by atoms with Gasteiger partial charge >= 0.3 is 0 Å². The van der Waals surface area contributed by atoms with Crippen molar-refractivity contribution in [1.82, 2.24) is 5.43 Å². The van der Waals surface area contributed by atoms with Gasteiger partial charge in [0.15, 0.2) is 0 Å². The number of amides is 1. The fraction of sp³-hybridized carbons (Fsp3) is 0.125. The van der Waals surface area contributed by atoms with E-state index in [1.54, 1.807) is 18.2 Å². The van der Waals surface area contributed by atoms with E-state index < -0.39 is 0 Å². The molecule has 0 aliphatic rings. The molecule has 22 heavy (non-hydrogen) atoms. The molecule has 2 N–H and O–H groups in total. The average molecular weight is 411 g/mol. The summed E-state index contributed by atoms with van der Waals surface area (Å²) in [5.74, 6) is -0.684. The normalized spacial score (nSPS) is 10.7. The number of nitrogens with one attached hydrogen (secondary N) is 2. The number of hydrogen-bond donors (Lipinski definition) is 2. The fourth-order valence-corrected chi connectivity index (χ4v) is 2.07. The molecule has 0 saturated heterocycles. The smallest absolute Gasteiger partial charge is 0.259 e. The number of carbonyl (C=O) groups is 1. The van der Waals surface area contributed by atoms with E-state index in [4.69, 9.17) is 0 Å². The Balaban J connectivity index is 1.83. The highest BCUT2D eigenvalue weighted by molar-refractivity contribution is 14.1. The number of halogens is 2. The topological polar surface area (TPSA) is 53.5 Å². The van der Waals surface area contributed by atoms with E-state index in [0.29, 0.717) is 5.56 Å². The molecule has 0 spiro atoms. The number of hydrogen-bond acceptors (Lipinski definition) is 3. The molecule has 0 atom stereocenters. The maximum absolute atomic E-state index is 13.3. The molecule has 0 aromatic heterocycles. The Labute approximate surface area is 142 Å². The first-order chi connectivity index (χ1) is 10.6. The second-order valence-corrected chi connectivity index (χ2v) is 5.79. The zero-order chi connectivity index (χ0) is 15.9. The third kappa shape index (κ3) is 4.80. The molecule has 0 radical (unpaired) electrons. The van der Waals surface area contributed by atoms with Gasteiger partial charge in [-0.25, -0.2) is 9.82 Å². The van der Waals surface area contributed by atoms with E-state index >= 15 is 0 Å². The summed E-state index contributed by atoms with van der Waals surface area (Å²) < 4.78 is 14.5. The van der Waals surface area contributed by atoms with Crippen LogP contribution in [0, 0.1) is 16.3 Å². The molecule has 4 nitrogen and oxygen atoms in total. The fourth-order valence-electron chi connectivity index (χ4n) is 1.73. The highest BCUT2D eigenvalue weighted by atomic mass is 127. The summed E-state index contributed by atoms with van der Waals surface area (Å²) in [7, 11) is 0. The van der Waals surface area contributed by atoms with Crippen LogP contribution in [0.5, 0.6) is 0 Å². The number of carbonyl (C=O) groups excluding carboxylic acids is 1. The third-order valence-corrected chi connectivity index (χ3v) is 4.12. The van der Waals surface area contributed by atoms with Crippen LogP contribution in [0.2, 0.25) is 0 Å². The Morgan fingerprint density at radius 2 is 2.09 bits per heavy atom. The number of aryl methyl sites for hydroxylation is 1. The minimum Gasteiger partial charge on any atom is -0.376 e. The van der Waals surface area contributed by atoms with Crippen molar-refractivity contribution in [3.8, 4) is 0 Å². The lowest BCUT2D eigenvalue weighted by Gasteiger charge is -2.07. The van der Waals surface area contributed by atoms with Gasteiger partial charge in [0.05, 0.1) is 12.8 Å². The third-order valence-electron chi connectivity index (χ3n) is 2.91. The van der Waals surface area contributed by atoms with Crippen LogP contribution < -0.4 is 10.7 Å². The van der Waals surface area contributed by atoms with Crippen LogP contribution in [0.3, 0.4) is 0 Å². The van der Waals surface area contributed by atoms with Crippen molar-refractivity contribution >= 4 is 40.4 Å². The number of hydrazone groups is 1. The highest BCUT2D eigenvalue weighted by Crippen LogP contribution is 2.16. The lowest BCUT2D eigenvalue weighted by Crippen LogP contribution is -2.25. The maximum atomic E-state index is 13.3. The molecule has 0 unspecified atom stereocenters. The van der Waals surface area contributed by atoms with E-state index in [-0.39, 0.29) is 18.3 Å². The molecule has 2 aromatic rings. The van der Waals surface area contributed by atoms with Gasteiger partial charge in [0.2, 0.25) is 0 Å². The van der Waals surface area contributed by atoms with Gasteiger partial charge in [0.25, 0.3) is 5.91 Å². The molecule has 2 rings (SSSR count). The first-order valence-corrected chi connectivity index (χ1v) is 7.70. The first-order valence-electron chi connectivity index (χ1n) is 6.63. The van der Waals surface area contributed by atoms with E-state index in [0.717, 1.165) is 11.3 Å². The molecule has 0 bridgehead atoms. The molecule has 0 aliphatic heterocycles. The van der Waals surface area contributed by atoms with E-state index in [9.17, 15) is 9.18 Å². The predicted octanol–water partition coefficient (Wildman–Crippen LogP) is 3.30. The number of nitrogens with zero attached hydrogens (tertiary/aromatic N) is 1. The van der Waals surface area contributed by atoms with Crippen molar-refractivity contribution in [3.63, 3.8) is 0 Å². The standard InChI is InChI=1S/C16H15FIN3O/c1-11-8-13(6-7-15(11)18)19-10-16(22)21-20-9-12-4-2-3-5-14(12)17/h2-9,19H,10H2,1H3,(H,21,22). The SMILES string of the molecule is Cc1cc(NCC(=O)NN=Cc2ccccc2F)ccc1I. The zero-order valence-corrected chi connectivity index (χ0v) is 14.1. The molecule has 0 saturated carbocycles. The lowest BCUT2D eigenvalue weighted by atomic mass is 10.2. The lowest BCUT2D eigenvalue weighted by molar-refractivity contribution is -0.119. The van der Waals surface area contributed by atoms with Gasteiger partial charge in [-0.15, -0.1) is 0 Å². The Morgan fingerprint density at radius 1 is 1.32 bits per heavy atom. The minimum absolute atomic E-state index is 0.0919. The van der Waals surface area contributed by atoms with Crippen molar-refractivity contribution in [1.29, 1.82) is 0 Å². The minimum atomic E-state index is -0.381. The second kappa shape index (κ2) is 7.88. The van der Waals surface area contributed by atoms with Crippen molar-refractivity contribution in [2.75, 3.05) is 11.9 Å². The molecule has 0 heterocycles. The molecular formula is C16H15FIN3O. The summed E-state index contributed by atoms with van der Waals surface area (Å²) in [6.07, 6.45) is 1.28. The summed E-state index contributed by atoms with van der Waals surface area (Å²) in [5, 5.41) is 6.75. The Morgan fingerprint density at radius 3 is 2.82 bits per heavy atom. The summed E-state index contributed by atoms with van der Waals surface area (Å²) in [5.41, 5.74) is 4.69. The average Bonchev–Trinajstić information content (AvgIpc) is 2.50. The maximum Gasteiger partial charge on any atom is 0.259 e. The monoisotopic (exact) mass is 411 g/mol. The van der Waals surface area contributed by atoms with Gasteiger partial charge < -0.3 is 5.32 Å². The summed E-state index contributed by atoms with van der Waals surface area (Å²) in [6, 6.07) is 12.1. The van der Waals surface area contributed by atoms with Crippen LogP contribution >= 0.6 is 22.6 Å². The van der Waals surface area contributed by atoms with Gasteiger partial charge in [-0.2, -0.15) is 5.10 Å². The molecule has 0 fully saturated rings. The van der Waals surface area contributed by atoms with E-state index in [1.165, 1.54) is 15.9 Å². The van der Waals surface area contributed by atoms with Crippen LogP contribution in [0.1, 0.15) is 11.1 Å².